The van der Waals surface area contributed by atoms with E-state index in [9.17, 15) is 9.59 Å². The lowest BCUT2D eigenvalue weighted by atomic mass is 10.1. The summed E-state index contributed by atoms with van der Waals surface area (Å²) in [6.45, 7) is 9.65. The molecule has 0 spiro atoms. The van der Waals surface area contributed by atoms with Gasteiger partial charge in [-0.05, 0) is 81.3 Å². The average Bonchev–Trinajstić information content (AvgIpc) is 3.41. The zero-order valence-corrected chi connectivity index (χ0v) is 24.8. The van der Waals surface area contributed by atoms with Crippen LogP contribution >= 0.6 is 11.6 Å². The Morgan fingerprint density at radius 2 is 1.95 bits per heavy atom. The Balaban J connectivity index is 1.62. The maximum Gasteiger partial charge on any atom is 0.347 e. The van der Waals surface area contributed by atoms with Crippen molar-refractivity contribution in [2.24, 2.45) is 5.10 Å². The first-order valence-electron chi connectivity index (χ1n) is 13.8. The zero-order valence-electron chi connectivity index (χ0n) is 24.0. The van der Waals surface area contributed by atoms with Crippen molar-refractivity contribution in [3.8, 4) is 23.1 Å². The number of nitrogens with zero attached hydrogens (tertiary/aromatic N) is 3. The van der Waals surface area contributed by atoms with Gasteiger partial charge >= 0.3 is 5.97 Å². The summed E-state index contributed by atoms with van der Waals surface area (Å²) in [6, 6.07) is 17.7. The lowest BCUT2D eigenvalue weighted by molar-refractivity contribution is -0.150. The van der Waals surface area contributed by atoms with E-state index in [1.807, 2.05) is 19.1 Å². The number of halogens is 1. The fourth-order valence-electron chi connectivity index (χ4n) is 4.59. The summed E-state index contributed by atoms with van der Waals surface area (Å²) in [4.78, 5) is 30.7. The van der Waals surface area contributed by atoms with E-state index < -0.39 is 12.1 Å². The summed E-state index contributed by atoms with van der Waals surface area (Å²) in [6.07, 6.45) is 2.83. The summed E-state index contributed by atoms with van der Waals surface area (Å²) in [5.74, 6) is 0.926. The van der Waals surface area contributed by atoms with Crippen molar-refractivity contribution in [2.75, 3.05) is 13.2 Å². The number of carbonyl (C=O) groups excluding carboxylic acids is 1. The van der Waals surface area contributed by atoms with E-state index in [2.05, 4.69) is 11.7 Å². The standard InChI is InChI=1S/C33H30ClN3O6/c1-5-10-22-15-21(16-28(40-6-2)30(22)42-20(4)33(39)41-7-3)19-35-37-31(36-26-12-9-8-11-25(26)32(37)38)29-18-23-17-24(34)13-14-27(23)43-29/h5,8-9,11-20H,1,6-7,10H2,2-4H3/t20-/m1/s1. The smallest absolute Gasteiger partial charge is 0.347 e. The fraction of sp³-hybridized carbons (Fsp3) is 0.212. The van der Waals surface area contributed by atoms with Crippen LogP contribution in [0, 0.1) is 0 Å². The number of rotatable bonds is 11. The Labute approximate surface area is 253 Å². The highest BCUT2D eigenvalue weighted by Gasteiger charge is 2.22. The predicted molar refractivity (Wildman–Crippen MR) is 167 cm³/mol. The Morgan fingerprint density at radius 3 is 2.72 bits per heavy atom. The highest BCUT2D eigenvalue weighted by molar-refractivity contribution is 6.31. The second-order valence-electron chi connectivity index (χ2n) is 9.55. The molecule has 0 aliphatic heterocycles. The molecule has 5 rings (SSSR count). The van der Waals surface area contributed by atoms with Gasteiger partial charge in [-0.3, -0.25) is 4.79 Å². The number of ether oxygens (including phenoxy) is 3. The van der Waals surface area contributed by atoms with Gasteiger partial charge in [0.25, 0.3) is 5.56 Å². The number of carbonyl (C=O) groups is 1. The molecule has 1 atom stereocenters. The lowest BCUT2D eigenvalue weighted by Gasteiger charge is -2.20. The normalized spacial score (nSPS) is 12.1. The van der Waals surface area contributed by atoms with Gasteiger partial charge in [0.2, 0.25) is 5.82 Å². The quantitative estimate of drug-likeness (QED) is 0.0933. The number of aromatic nitrogens is 2. The maximum absolute atomic E-state index is 13.7. The number of benzene rings is 3. The molecule has 0 saturated heterocycles. The molecule has 0 fully saturated rings. The van der Waals surface area contributed by atoms with Gasteiger partial charge in [0.1, 0.15) is 5.58 Å². The van der Waals surface area contributed by atoms with Crippen molar-refractivity contribution in [2.45, 2.75) is 33.3 Å². The number of hydrogen-bond donors (Lipinski definition) is 0. The topological polar surface area (TPSA) is 105 Å². The Hall–Kier alpha value is -4.89. The molecule has 43 heavy (non-hydrogen) atoms. The van der Waals surface area contributed by atoms with Crippen LogP contribution in [0.15, 0.2) is 87.6 Å². The van der Waals surface area contributed by atoms with Gasteiger partial charge < -0.3 is 18.6 Å². The second-order valence-corrected chi connectivity index (χ2v) is 9.99. The van der Waals surface area contributed by atoms with E-state index in [1.54, 1.807) is 68.5 Å². The van der Waals surface area contributed by atoms with Crippen LogP contribution in [-0.4, -0.2) is 41.2 Å². The van der Waals surface area contributed by atoms with Crippen LogP contribution in [0.1, 0.15) is 31.9 Å². The number of allylic oxidation sites excluding steroid dienone is 1. The summed E-state index contributed by atoms with van der Waals surface area (Å²) in [5.41, 5.74) is 2.09. The molecular weight excluding hydrogens is 570 g/mol. The minimum Gasteiger partial charge on any atom is -0.490 e. The van der Waals surface area contributed by atoms with Gasteiger partial charge in [0, 0.05) is 16.0 Å². The molecule has 0 N–H and O–H groups in total. The third kappa shape index (κ3) is 6.32. The molecule has 5 aromatic rings. The van der Waals surface area contributed by atoms with E-state index >= 15 is 0 Å². The molecule has 9 nitrogen and oxygen atoms in total. The van der Waals surface area contributed by atoms with Gasteiger partial charge in [0.05, 0.1) is 30.3 Å². The number of esters is 1. The first-order valence-corrected chi connectivity index (χ1v) is 14.2. The molecule has 2 aromatic heterocycles. The summed E-state index contributed by atoms with van der Waals surface area (Å²) < 4.78 is 24.3. The minimum absolute atomic E-state index is 0.229. The molecular formula is C33H30ClN3O6. The third-order valence-corrected chi connectivity index (χ3v) is 6.74. The largest absolute Gasteiger partial charge is 0.490 e. The number of hydrogen-bond acceptors (Lipinski definition) is 8. The molecule has 2 heterocycles. The van der Waals surface area contributed by atoms with E-state index in [-0.39, 0.29) is 18.0 Å². The van der Waals surface area contributed by atoms with Crippen LogP contribution in [0.5, 0.6) is 11.5 Å². The molecule has 0 aliphatic rings. The van der Waals surface area contributed by atoms with Crippen LogP contribution in [0.3, 0.4) is 0 Å². The molecule has 0 radical (unpaired) electrons. The zero-order chi connectivity index (χ0) is 30.5. The van der Waals surface area contributed by atoms with E-state index in [1.165, 1.54) is 10.9 Å². The van der Waals surface area contributed by atoms with Crippen LogP contribution in [0.2, 0.25) is 5.02 Å². The molecule has 0 saturated carbocycles. The second kappa shape index (κ2) is 13.0. The Morgan fingerprint density at radius 1 is 1.14 bits per heavy atom. The Bertz CT molecular complexity index is 1910. The summed E-state index contributed by atoms with van der Waals surface area (Å²) in [5, 5.41) is 6.30. The Kier molecular flexibility index (Phi) is 8.92. The lowest BCUT2D eigenvalue weighted by Crippen LogP contribution is -2.26. The molecule has 10 heteroatoms. The van der Waals surface area contributed by atoms with E-state index in [0.29, 0.717) is 57.4 Å². The van der Waals surface area contributed by atoms with E-state index in [4.69, 9.17) is 35.2 Å². The van der Waals surface area contributed by atoms with Crippen molar-refractivity contribution in [1.29, 1.82) is 0 Å². The van der Waals surface area contributed by atoms with Crippen molar-refractivity contribution >= 4 is 45.7 Å². The van der Waals surface area contributed by atoms with Gasteiger partial charge in [0.15, 0.2) is 23.4 Å². The van der Waals surface area contributed by atoms with Crippen LogP contribution in [-0.2, 0) is 16.0 Å². The molecule has 0 amide bonds. The highest BCUT2D eigenvalue weighted by Crippen LogP contribution is 2.35. The highest BCUT2D eigenvalue weighted by atomic mass is 35.5. The third-order valence-electron chi connectivity index (χ3n) is 6.51. The first kappa shape index (κ1) is 29.6. The van der Waals surface area contributed by atoms with Crippen LogP contribution in [0.4, 0.5) is 0 Å². The maximum atomic E-state index is 13.7. The number of fused-ring (bicyclic) bond motifs is 2. The molecule has 3 aromatic carbocycles. The van der Waals surface area contributed by atoms with Gasteiger partial charge in [-0.2, -0.15) is 9.78 Å². The summed E-state index contributed by atoms with van der Waals surface area (Å²) >= 11 is 6.18. The minimum atomic E-state index is -0.856. The van der Waals surface area contributed by atoms with Crippen molar-refractivity contribution in [1.82, 2.24) is 9.66 Å². The first-order chi connectivity index (χ1) is 20.8. The van der Waals surface area contributed by atoms with E-state index in [0.717, 1.165) is 10.9 Å². The van der Waals surface area contributed by atoms with Gasteiger partial charge in [-0.1, -0.05) is 29.8 Å². The van der Waals surface area contributed by atoms with Crippen molar-refractivity contribution in [3.63, 3.8) is 0 Å². The molecule has 0 bridgehead atoms. The van der Waals surface area contributed by atoms with Gasteiger partial charge in [-0.15, -0.1) is 6.58 Å². The van der Waals surface area contributed by atoms with Crippen LogP contribution < -0.4 is 15.0 Å². The summed E-state index contributed by atoms with van der Waals surface area (Å²) in [7, 11) is 0. The fourth-order valence-corrected chi connectivity index (χ4v) is 4.77. The van der Waals surface area contributed by atoms with Gasteiger partial charge in [-0.25, -0.2) is 9.78 Å². The number of furan rings is 1. The SMILES string of the molecule is C=CCc1cc(C=Nn2c(-c3cc4cc(Cl)ccc4o3)nc3ccccc3c2=O)cc(OCC)c1O[C@H](C)C(=O)OCC. The molecule has 220 valence electrons. The average molecular weight is 600 g/mol. The number of para-hydroxylation sites is 1. The van der Waals surface area contributed by atoms with Crippen LogP contribution in [0.25, 0.3) is 33.5 Å². The van der Waals surface area contributed by atoms with Crippen molar-refractivity contribution < 1.29 is 23.4 Å². The molecule has 0 unspecified atom stereocenters. The predicted octanol–water partition coefficient (Wildman–Crippen LogP) is 6.80. The molecule has 0 aliphatic carbocycles. The van der Waals surface area contributed by atoms with Crippen molar-refractivity contribution in [3.05, 3.63) is 99.8 Å². The monoisotopic (exact) mass is 599 g/mol.